The van der Waals surface area contributed by atoms with Crippen LogP contribution in [0.15, 0.2) is 12.7 Å². The van der Waals surface area contributed by atoms with Gasteiger partial charge in [0.25, 0.3) is 5.91 Å². The maximum Gasteiger partial charge on any atom is 0.404 e. The van der Waals surface area contributed by atoms with Crippen LogP contribution in [0.3, 0.4) is 0 Å². The second kappa shape index (κ2) is 3.99. The molecule has 7 heteroatoms. The molecule has 1 rings (SSSR count). The molecule has 1 heterocycles. The van der Waals surface area contributed by atoms with E-state index in [2.05, 4.69) is 17.2 Å². The van der Waals surface area contributed by atoms with Gasteiger partial charge < -0.3 is 15.7 Å². The Labute approximate surface area is 85.5 Å². The largest absolute Gasteiger partial charge is 0.465 e. The third-order valence-electron chi connectivity index (χ3n) is 2.05. The first-order valence-corrected chi connectivity index (χ1v) is 4.21. The Hall–Kier alpha value is -2.05. The molecule has 1 unspecified atom stereocenters. The molecule has 0 aromatic heterocycles. The Bertz CT molecular complexity index is 328. The van der Waals surface area contributed by atoms with E-state index in [1.165, 1.54) is 6.08 Å². The third-order valence-corrected chi connectivity index (χ3v) is 2.05. The molecule has 0 aromatic rings. The normalized spacial score (nSPS) is 24.3. The number of carbonyl (C=O) groups excluding carboxylic acids is 2. The molecule has 0 bridgehead atoms. The van der Waals surface area contributed by atoms with E-state index < -0.39 is 23.6 Å². The van der Waals surface area contributed by atoms with Crippen molar-refractivity contribution in [3.63, 3.8) is 0 Å². The molecule has 0 aromatic carbocycles. The number of rotatable bonds is 4. The summed E-state index contributed by atoms with van der Waals surface area (Å²) >= 11 is 0. The average Bonchev–Trinajstić information content (AvgIpc) is 2.40. The summed E-state index contributed by atoms with van der Waals surface area (Å²) in [5, 5.41) is 14.9. The van der Waals surface area contributed by atoms with Crippen molar-refractivity contribution in [3.8, 4) is 0 Å². The number of carbonyl (C=O) groups is 3. The van der Waals surface area contributed by atoms with Crippen molar-refractivity contribution in [1.82, 2.24) is 16.0 Å². The van der Waals surface area contributed by atoms with Gasteiger partial charge in [-0.3, -0.25) is 10.1 Å². The highest BCUT2D eigenvalue weighted by Gasteiger charge is 2.45. The van der Waals surface area contributed by atoms with Crippen LogP contribution in [0.1, 0.15) is 6.42 Å². The maximum atomic E-state index is 11.4. The van der Waals surface area contributed by atoms with E-state index >= 15 is 0 Å². The zero-order chi connectivity index (χ0) is 11.5. The molecule has 1 atom stereocenters. The van der Waals surface area contributed by atoms with Crippen molar-refractivity contribution in [2.75, 3.05) is 6.54 Å². The highest BCUT2D eigenvalue weighted by atomic mass is 16.4. The first-order chi connectivity index (χ1) is 7.00. The van der Waals surface area contributed by atoms with Crippen molar-refractivity contribution >= 4 is 18.0 Å². The Kier molecular flexibility index (Phi) is 2.93. The smallest absolute Gasteiger partial charge is 0.404 e. The molecule has 82 valence electrons. The summed E-state index contributed by atoms with van der Waals surface area (Å²) in [4.78, 5) is 32.7. The van der Waals surface area contributed by atoms with Crippen LogP contribution in [0.25, 0.3) is 0 Å². The molecule has 1 aliphatic heterocycles. The highest BCUT2D eigenvalue weighted by Crippen LogP contribution is 2.14. The van der Waals surface area contributed by atoms with E-state index in [1.54, 1.807) is 0 Å². The SMILES string of the molecule is C=CCC1(CNC(=O)O)NC(=O)NC1=O. The summed E-state index contributed by atoms with van der Waals surface area (Å²) < 4.78 is 0. The van der Waals surface area contributed by atoms with Gasteiger partial charge in [0.15, 0.2) is 0 Å². The van der Waals surface area contributed by atoms with E-state index in [9.17, 15) is 14.4 Å². The molecule has 0 saturated carbocycles. The van der Waals surface area contributed by atoms with Crippen LogP contribution in [0.2, 0.25) is 0 Å². The standard InChI is InChI=1S/C8H11N3O4/c1-2-3-8(4-9-7(14)15)5(12)10-6(13)11-8/h2,9H,1,3-4H2,(H,14,15)(H2,10,11,12,13). The van der Waals surface area contributed by atoms with Gasteiger partial charge in [0.05, 0.1) is 6.54 Å². The molecule has 7 nitrogen and oxygen atoms in total. The van der Waals surface area contributed by atoms with Gasteiger partial charge in [0.2, 0.25) is 0 Å². The predicted octanol–water partition coefficient (Wildman–Crippen LogP) is -0.592. The lowest BCUT2D eigenvalue weighted by Crippen LogP contribution is -2.54. The first-order valence-electron chi connectivity index (χ1n) is 4.21. The van der Waals surface area contributed by atoms with Crippen LogP contribution in [0, 0.1) is 0 Å². The third kappa shape index (κ3) is 2.25. The first kappa shape index (κ1) is 11.0. The van der Waals surface area contributed by atoms with E-state index in [4.69, 9.17) is 5.11 Å². The molecular formula is C8H11N3O4. The fraction of sp³-hybridized carbons (Fsp3) is 0.375. The lowest BCUT2D eigenvalue weighted by molar-refractivity contribution is -0.123. The van der Waals surface area contributed by atoms with Gasteiger partial charge >= 0.3 is 12.1 Å². The van der Waals surface area contributed by atoms with E-state index in [0.717, 1.165) is 0 Å². The van der Waals surface area contributed by atoms with Crippen molar-refractivity contribution in [1.29, 1.82) is 0 Å². The summed E-state index contributed by atoms with van der Waals surface area (Å²) in [6.07, 6.45) is 0.340. The fourth-order valence-corrected chi connectivity index (χ4v) is 1.34. The van der Waals surface area contributed by atoms with Crippen LogP contribution in [-0.4, -0.2) is 35.2 Å². The average molecular weight is 213 g/mol. The maximum absolute atomic E-state index is 11.4. The van der Waals surface area contributed by atoms with Gasteiger partial charge in [0, 0.05) is 0 Å². The number of hydrogen-bond donors (Lipinski definition) is 4. The highest BCUT2D eigenvalue weighted by molar-refractivity contribution is 6.07. The fourth-order valence-electron chi connectivity index (χ4n) is 1.34. The Balaban J connectivity index is 2.78. The molecule has 15 heavy (non-hydrogen) atoms. The summed E-state index contributed by atoms with van der Waals surface area (Å²) in [7, 11) is 0. The number of nitrogens with one attached hydrogen (secondary N) is 3. The molecule has 1 saturated heterocycles. The summed E-state index contributed by atoms with van der Waals surface area (Å²) in [5.41, 5.74) is -1.25. The molecule has 0 spiro atoms. The summed E-state index contributed by atoms with van der Waals surface area (Å²) in [6.45, 7) is 3.26. The van der Waals surface area contributed by atoms with Gasteiger partial charge in [0.1, 0.15) is 5.54 Å². The molecule has 4 amide bonds. The number of amides is 4. The molecule has 0 aliphatic carbocycles. The minimum absolute atomic E-state index is 0.158. The van der Waals surface area contributed by atoms with Gasteiger partial charge in [-0.05, 0) is 6.42 Å². The monoisotopic (exact) mass is 213 g/mol. The molecule has 4 N–H and O–H groups in total. The lowest BCUT2D eigenvalue weighted by atomic mass is 9.95. The van der Waals surface area contributed by atoms with Crippen LogP contribution < -0.4 is 16.0 Å². The van der Waals surface area contributed by atoms with Gasteiger partial charge in [-0.2, -0.15) is 0 Å². The minimum atomic E-state index is -1.26. The second-order valence-corrected chi connectivity index (χ2v) is 3.14. The zero-order valence-corrected chi connectivity index (χ0v) is 7.87. The van der Waals surface area contributed by atoms with Gasteiger partial charge in [-0.1, -0.05) is 6.08 Å². The quantitative estimate of drug-likeness (QED) is 0.369. The number of urea groups is 1. The Morgan fingerprint density at radius 1 is 1.60 bits per heavy atom. The van der Waals surface area contributed by atoms with Crippen molar-refractivity contribution in [2.45, 2.75) is 12.0 Å². The van der Waals surface area contributed by atoms with Crippen molar-refractivity contribution < 1.29 is 19.5 Å². The van der Waals surface area contributed by atoms with Crippen molar-refractivity contribution in [3.05, 3.63) is 12.7 Å². The van der Waals surface area contributed by atoms with Gasteiger partial charge in [-0.25, -0.2) is 9.59 Å². The van der Waals surface area contributed by atoms with Crippen molar-refractivity contribution in [2.24, 2.45) is 0 Å². The lowest BCUT2D eigenvalue weighted by Gasteiger charge is -2.23. The minimum Gasteiger partial charge on any atom is -0.465 e. The van der Waals surface area contributed by atoms with E-state index in [1.807, 2.05) is 5.32 Å². The Morgan fingerprint density at radius 3 is 2.67 bits per heavy atom. The van der Waals surface area contributed by atoms with E-state index in [-0.39, 0.29) is 13.0 Å². The summed E-state index contributed by atoms with van der Waals surface area (Å²) in [6, 6.07) is -0.631. The second-order valence-electron chi connectivity index (χ2n) is 3.14. The number of imide groups is 1. The topological polar surface area (TPSA) is 108 Å². The zero-order valence-electron chi connectivity index (χ0n) is 7.87. The molecule has 1 fully saturated rings. The van der Waals surface area contributed by atoms with E-state index in [0.29, 0.717) is 0 Å². The van der Waals surface area contributed by atoms with Gasteiger partial charge in [-0.15, -0.1) is 6.58 Å². The molecule has 0 radical (unpaired) electrons. The summed E-state index contributed by atoms with van der Waals surface area (Å²) in [5.74, 6) is -0.554. The molecular weight excluding hydrogens is 202 g/mol. The van der Waals surface area contributed by atoms with Crippen LogP contribution in [-0.2, 0) is 4.79 Å². The predicted molar refractivity (Wildman–Crippen MR) is 50.2 cm³/mol. The van der Waals surface area contributed by atoms with Crippen LogP contribution in [0.5, 0.6) is 0 Å². The van der Waals surface area contributed by atoms with Crippen LogP contribution in [0.4, 0.5) is 9.59 Å². The molecule has 1 aliphatic rings. The number of hydrogen-bond acceptors (Lipinski definition) is 3. The van der Waals surface area contributed by atoms with Crippen LogP contribution >= 0.6 is 0 Å². The number of carboxylic acid groups (broad SMARTS) is 1. The Morgan fingerprint density at radius 2 is 2.27 bits per heavy atom.